The lowest BCUT2D eigenvalue weighted by Crippen LogP contribution is -2.17. The van der Waals surface area contributed by atoms with Gasteiger partial charge in [0.15, 0.2) is 0 Å². The van der Waals surface area contributed by atoms with E-state index in [0.29, 0.717) is 5.33 Å². The zero-order valence-electron chi connectivity index (χ0n) is 11.2. The van der Waals surface area contributed by atoms with Crippen LogP contribution in [0.2, 0.25) is 0 Å². The molecule has 0 N–H and O–H groups in total. The van der Waals surface area contributed by atoms with Crippen molar-refractivity contribution in [1.82, 2.24) is 4.98 Å². The quantitative estimate of drug-likeness (QED) is 0.463. The van der Waals surface area contributed by atoms with Crippen molar-refractivity contribution in [2.24, 2.45) is 0 Å². The Bertz CT molecular complexity index is 630. The van der Waals surface area contributed by atoms with E-state index in [-0.39, 0.29) is 10.6 Å². The van der Waals surface area contributed by atoms with Crippen molar-refractivity contribution >= 4 is 38.6 Å². The van der Waals surface area contributed by atoms with Crippen LogP contribution >= 0.6 is 27.3 Å². The molecule has 0 unspecified atom stereocenters. The molecule has 0 aliphatic carbocycles. The highest BCUT2D eigenvalue weighted by atomic mass is 79.9. The molecular weight excluding hydrogens is 342 g/mol. The Morgan fingerprint density at radius 1 is 1.50 bits per heavy atom. The van der Waals surface area contributed by atoms with E-state index in [0.717, 1.165) is 23.5 Å². The zero-order chi connectivity index (χ0) is 14.7. The van der Waals surface area contributed by atoms with Crippen molar-refractivity contribution in [1.29, 1.82) is 0 Å². The second-order valence-corrected chi connectivity index (χ2v) is 5.92. The summed E-state index contributed by atoms with van der Waals surface area (Å²) < 4.78 is 0. The number of nitro benzene ring substituents is 1. The van der Waals surface area contributed by atoms with Crippen LogP contribution in [0.1, 0.15) is 16.1 Å². The number of non-ortho nitro benzene ring substituents is 1. The number of hydrogen-bond acceptors (Lipinski definition) is 5. The molecule has 2 aromatic rings. The molecule has 0 spiro atoms. The third kappa shape index (κ3) is 3.16. The fourth-order valence-corrected chi connectivity index (χ4v) is 3.22. The molecule has 1 aromatic heterocycles. The van der Waals surface area contributed by atoms with Crippen LogP contribution in [-0.4, -0.2) is 17.0 Å². The third-order valence-corrected chi connectivity index (χ3v) is 4.58. The topological polar surface area (TPSA) is 59.3 Å². The molecule has 1 heterocycles. The number of hydrogen-bond donors (Lipinski definition) is 0. The monoisotopic (exact) mass is 355 g/mol. The van der Waals surface area contributed by atoms with Crippen LogP contribution < -0.4 is 4.90 Å². The van der Waals surface area contributed by atoms with Gasteiger partial charge in [0.05, 0.1) is 22.7 Å². The predicted octanol–water partition coefficient (Wildman–Crippen LogP) is 3.89. The Labute approximate surface area is 129 Å². The van der Waals surface area contributed by atoms with Gasteiger partial charge < -0.3 is 4.90 Å². The number of rotatable bonds is 5. The summed E-state index contributed by atoms with van der Waals surface area (Å²) in [5, 5.41) is 11.4. The van der Waals surface area contributed by atoms with E-state index in [1.807, 2.05) is 19.5 Å². The van der Waals surface area contributed by atoms with Gasteiger partial charge in [-0.3, -0.25) is 10.1 Å². The zero-order valence-corrected chi connectivity index (χ0v) is 13.6. The summed E-state index contributed by atoms with van der Waals surface area (Å²) in [6, 6.07) is 4.95. The first-order valence-corrected chi connectivity index (χ1v) is 7.96. The van der Waals surface area contributed by atoms with E-state index in [1.165, 1.54) is 10.9 Å². The van der Waals surface area contributed by atoms with Gasteiger partial charge in [-0.15, -0.1) is 11.3 Å². The average Bonchev–Trinajstić information content (AvgIpc) is 2.83. The van der Waals surface area contributed by atoms with Crippen molar-refractivity contribution in [3.63, 3.8) is 0 Å². The SMILES string of the molecule is Cc1ncsc1CN(C)c1ccc([N+](=O)[O-])cc1CBr. The van der Waals surface area contributed by atoms with Crippen molar-refractivity contribution in [2.45, 2.75) is 18.8 Å². The Hall–Kier alpha value is -1.47. The number of alkyl halides is 1. The van der Waals surface area contributed by atoms with E-state index in [9.17, 15) is 10.1 Å². The van der Waals surface area contributed by atoms with Gasteiger partial charge in [0.25, 0.3) is 5.69 Å². The van der Waals surface area contributed by atoms with Crippen molar-refractivity contribution in [2.75, 3.05) is 11.9 Å². The number of aryl methyl sites for hydroxylation is 1. The fourth-order valence-electron chi connectivity index (χ4n) is 1.94. The van der Waals surface area contributed by atoms with Gasteiger partial charge in [-0.2, -0.15) is 0 Å². The lowest BCUT2D eigenvalue weighted by Gasteiger charge is -2.21. The van der Waals surface area contributed by atoms with E-state index in [1.54, 1.807) is 23.5 Å². The molecule has 0 aliphatic rings. The minimum absolute atomic E-state index is 0.116. The van der Waals surface area contributed by atoms with Crippen LogP contribution in [0.15, 0.2) is 23.7 Å². The highest BCUT2D eigenvalue weighted by Crippen LogP contribution is 2.28. The largest absolute Gasteiger partial charge is 0.369 e. The molecule has 0 saturated carbocycles. The lowest BCUT2D eigenvalue weighted by atomic mass is 10.1. The number of thiazole rings is 1. The van der Waals surface area contributed by atoms with Gasteiger partial charge >= 0.3 is 0 Å². The van der Waals surface area contributed by atoms with Gasteiger partial charge in [-0.1, -0.05) is 15.9 Å². The molecule has 2 rings (SSSR count). The predicted molar refractivity (Wildman–Crippen MR) is 84.7 cm³/mol. The molecule has 0 fully saturated rings. The molecule has 1 aromatic carbocycles. The summed E-state index contributed by atoms with van der Waals surface area (Å²) in [6.07, 6.45) is 0. The Balaban J connectivity index is 2.27. The smallest absolute Gasteiger partial charge is 0.269 e. The molecule has 5 nitrogen and oxygen atoms in total. The molecule has 0 bridgehead atoms. The fraction of sp³-hybridized carbons (Fsp3) is 0.308. The van der Waals surface area contributed by atoms with Crippen LogP contribution in [0.3, 0.4) is 0 Å². The standard InChI is InChI=1S/C13H14BrN3O2S/c1-9-13(20-8-15-9)7-16(2)12-4-3-11(17(18)19)5-10(12)6-14/h3-5,8H,6-7H2,1-2H3. The number of benzene rings is 1. The first kappa shape index (κ1) is 14.9. The number of aromatic nitrogens is 1. The molecule has 0 radical (unpaired) electrons. The summed E-state index contributed by atoms with van der Waals surface area (Å²) in [7, 11) is 1.98. The maximum absolute atomic E-state index is 10.8. The summed E-state index contributed by atoms with van der Waals surface area (Å²) in [5.74, 6) is 0. The number of halogens is 1. The highest BCUT2D eigenvalue weighted by molar-refractivity contribution is 9.08. The van der Waals surface area contributed by atoms with Crippen LogP contribution in [0.25, 0.3) is 0 Å². The van der Waals surface area contributed by atoms with Gasteiger partial charge in [0.1, 0.15) is 0 Å². The molecule has 0 amide bonds. The lowest BCUT2D eigenvalue weighted by molar-refractivity contribution is -0.384. The van der Waals surface area contributed by atoms with E-state index >= 15 is 0 Å². The summed E-state index contributed by atoms with van der Waals surface area (Å²) in [6.45, 7) is 2.73. The van der Waals surface area contributed by atoms with Crippen LogP contribution in [-0.2, 0) is 11.9 Å². The normalized spacial score (nSPS) is 10.6. The second-order valence-electron chi connectivity index (χ2n) is 4.42. The Morgan fingerprint density at radius 3 is 2.80 bits per heavy atom. The van der Waals surface area contributed by atoms with E-state index < -0.39 is 0 Å². The molecule has 20 heavy (non-hydrogen) atoms. The number of anilines is 1. The third-order valence-electron chi connectivity index (χ3n) is 3.05. The van der Waals surface area contributed by atoms with Gasteiger partial charge in [0.2, 0.25) is 0 Å². The molecular formula is C13H14BrN3O2S. The highest BCUT2D eigenvalue weighted by Gasteiger charge is 2.14. The molecule has 0 aliphatic heterocycles. The van der Waals surface area contributed by atoms with Gasteiger partial charge in [-0.05, 0) is 18.6 Å². The van der Waals surface area contributed by atoms with E-state index in [4.69, 9.17) is 0 Å². The molecule has 7 heteroatoms. The van der Waals surface area contributed by atoms with Crippen LogP contribution in [0, 0.1) is 17.0 Å². The first-order chi connectivity index (χ1) is 9.52. The molecule has 0 saturated heterocycles. The van der Waals surface area contributed by atoms with E-state index in [2.05, 4.69) is 25.8 Å². The minimum atomic E-state index is -0.372. The second kappa shape index (κ2) is 6.32. The summed E-state index contributed by atoms with van der Waals surface area (Å²) in [5.41, 5.74) is 4.87. The maximum Gasteiger partial charge on any atom is 0.269 e. The van der Waals surface area contributed by atoms with Crippen LogP contribution in [0.5, 0.6) is 0 Å². The number of nitrogens with zero attached hydrogens (tertiary/aromatic N) is 3. The minimum Gasteiger partial charge on any atom is -0.369 e. The Kier molecular flexibility index (Phi) is 4.72. The Morgan fingerprint density at radius 2 is 2.25 bits per heavy atom. The summed E-state index contributed by atoms with van der Waals surface area (Å²) >= 11 is 5.01. The van der Waals surface area contributed by atoms with Crippen molar-refractivity contribution < 1.29 is 4.92 Å². The number of nitro groups is 1. The molecule has 0 atom stereocenters. The average molecular weight is 356 g/mol. The van der Waals surface area contributed by atoms with Crippen LogP contribution in [0.4, 0.5) is 11.4 Å². The van der Waals surface area contributed by atoms with Crippen molar-refractivity contribution in [3.05, 3.63) is 50.0 Å². The summed E-state index contributed by atoms with van der Waals surface area (Å²) in [4.78, 5) is 18.0. The maximum atomic E-state index is 10.8. The van der Waals surface area contributed by atoms with Gasteiger partial charge in [-0.25, -0.2) is 4.98 Å². The van der Waals surface area contributed by atoms with Gasteiger partial charge in [0, 0.05) is 35.1 Å². The first-order valence-electron chi connectivity index (χ1n) is 5.96. The molecule has 106 valence electrons. The van der Waals surface area contributed by atoms with Crippen molar-refractivity contribution in [3.8, 4) is 0 Å².